The molecule has 19 heavy (non-hydrogen) atoms. The third kappa shape index (κ3) is 3.25. The fourth-order valence-electron chi connectivity index (χ4n) is 1.99. The molecule has 100 valence electrons. The zero-order valence-electron chi connectivity index (χ0n) is 10.4. The van der Waals surface area contributed by atoms with E-state index in [0.717, 1.165) is 16.0 Å². The molecular weight excluding hydrogens is 299 g/mol. The molecule has 0 radical (unpaired) electrons. The van der Waals surface area contributed by atoms with Gasteiger partial charge in [0.15, 0.2) is 0 Å². The monoisotopic (exact) mass is 312 g/mol. The second kappa shape index (κ2) is 6.64. The molecule has 5 heteroatoms. The van der Waals surface area contributed by atoms with Crippen molar-refractivity contribution in [2.75, 3.05) is 6.26 Å². The first-order chi connectivity index (χ1) is 9.17. The van der Waals surface area contributed by atoms with Crippen molar-refractivity contribution in [3.8, 4) is 0 Å². The zero-order valence-corrected chi connectivity index (χ0v) is 12.7. The van der Waals surface area contributed by atoms with Crippen LogP contribution in [0, 0.1) is 0 Å². The van der Waals surface area contributed by atoms with E-state index < -0.39 is 0 Å². The Labute approximate surface area is 127 Å². The Hall–Kier alpha value is -0.710. The number of rotatable bonds is 4. The van der Waals surface area contributed by atoms with Gasteiger partial charge in [-0.1, -0.05) is 41.4 Å². The molecule has 2 aromatic rings. The highest BCUT2D eigenvalue weighted by Crippen LogP contribution is 2.34. The van der Waals surface area contributed by atoms with Gasteiger partial charge in [-0.15, -0.1) is 11.8 Å². The number of hydrogen-bond donors (Lipinski definition) is 2. The Morgan fingerprint density at radius 2 is 1.84 bits per heavy atom. The number of thioether (sulfide) groups is 1. The summed E-state index contributed by atoms with van der Waals surface area (Å²) in [5.74, 6) is 5.72. The Morgan fingerprint density at radius 1 is 1.11 bits per heavy atom. The minimum absolute atomic E-state index is 0.185. The van der Waals surface area contributed by atoms with Crippen molar-refractivity contribution in [1.82, 2.24) is 5.43 Å². The highest BCUT2D eigenvalue weighted by Gasteiger charge is 2.18. The van der Waals surface area contributed by atoms with Crippen LogP contribution in [-0.4, -0.2) is 6.26 Å². The number of benzene rings is 2. The number of halogens is 2. The van der Waals surface area contributed by atoms with E-state index in [9.17, 15) is 0 Å². The highest BCUT2D eigenvalue weighted by atomic mass is 35.5. The summed E-state index contributed by atoms with van der Waals surface area (Å²) in [6.45, 7) is 0. The van der Waals surface area contributed by atoms with Crippen molar-refractivity contribution in [2.45, 2.75) is 10.9 Å². The highest BCUT2D eigenvalue weighted by molar-refractivity contribution is 7.98. The van der Waals surface area contributed by atoms with Gasteiger partial charge in [-0.3, -0.25) is 5.84 Å². The molecule has 0 aliphatic rings. The third-order valence-corrected chi connectivity index (χ3v) is 4.28. The summed E-state index contributed by atoms with van der Waals surface area (Å²) in [6, 6.07) is 13.3. The Morgan fingerprint density at radius 3 is 2.53 bits per heavy atom. The van der Waals surface area contributed by atoms with Crippen molar-refractivity contribution in [2.24, 2.45) is 5.84 Å². The van der Waals surface area contributed by atoms with Crippen LogP contribution in [0.4, 0.5) is 0 Å². The summed E-state index contributed by atoms with van der Waals surface area (Å²) < 4.78 is 0. The number of hydrazine groups is 1. The van der Waals surface area contributed by atoms with Gasteiger partial charge in [0.2, 0.25) is 0 Å². The Kier molecular flexibility index (Phi) is 5.13. The van der Waals surface area contributed by atoms with Crippen LogP contribution < -0.4 is 11.3 Å². The predicted molar refractivity (Wildman–Crippen MR) is 83.9 cm³/mol. The molecule has 0 heterocycles. The maximum atomic E-state index is 6.25. The van der Waals surface area contributed by atoms with Crippen molar-refractivity contribution in [3.05, 3.63) is 63.6 Å². The van der Waals surface area contributed by atoms with Gasteiger partial charge in [-0.2, -0.15) is 0 Å². The molecule has 1 unspecified atom stereocenters. The van der Waals surface area contributed by atoms with Crippen molar-refractivity contribution < 1.29 is 0 Å². The SMILES string of the molecule is CSc1ccccc1C(NN)c1cc(Cl)ccc1Cl. The van der Waals surface area contributed by atoms with Gasteiger partial charge in [-0.05, 0) is 41.6 Å². The topological polar surface area (TPSA) is 38.0 Å². The summed E-state index contributed by atoms with van der Waals surface area (Å²) in [5.41, 5.74) is 4.78. The third-order valence-electron chi connectivity index (χ3n) is 2.89. The molecule has 0 bridgehead atoms. The smallest absolute Gasteiger partial charge is 0.0735 e. The molecule has 0 aromatic heterocycles. The van der Waals surface area contributed by atoms with Crippen LogP contribution in [0.25, 0.3) is 0 Å². The van der Waals surface area contributed by atoms with E-state index in [2.05, 4.69) is 11.5 Å². The Bertz CT molecular complexity index is 575. The van der Waals surface area contributed by atoms with E-state index >= 15 is 0 Å². The lowest BCUT2D eigenvalue weighted by Crippen LogP contribution is -2.29. The standard InChI is InChI=1S/C14H14Cl2N2S/c1-19-13-5-3-2-4-10(13)14(18-17)11-8-9(15)6-7-12(11)16/h2-8,14,18H,17H2,1H3. The lowest BCUT2D eigenvalue weighted by Gasteiger charge is -2.20. The first kappa shape index (κ1) is 14.7. The van der Waals surface area contributed by atoms with Gasteiger partial charge in [0.05, 0.1) is 6.04 Å². The van der Waals surface area contributed by atoms with Crippen LogP contribution in [-0.2, 0) is 0 Å². The van der Waals surface area contributed by atoms with Gasteiger partial charge < -0.3 is 0 Å². The Balaban J connectivity index is 2.53. The summed E-state index contributed by atoms with van der Waals surface area (Å²) in [7, 11) is 0. The van der Waals surface area contributed by atoms with Gasteiger partial charge in [-0.25, -0.2) is 5.43 Å². The zero-order chi connectivity index (χ0) is 13.8. The molecular formula is C14H14Cl2N2S. The van der Waals surface area contributed by atoms with Gasteiger partial charge in [0, 0.05) is 14.9 Å². The van der Waals surface area contributed by atoms with Crippen molar-refractivity contribution in [3.63, 3.8) is 0 Å². The number of nitrogens with two attached hydrogens (primary N) is 1. The van der Waals surface area contributed by atoms with Gasteiger partial charge in [0.1, 0.15) is 0 Å². The summed E-state index contributed by atoms with van der Waals surface area (Å²) in [5, 5.41) is 1.28. The molecule has 0 fully saturated rings. The molecule has 2 aromatic carbocycles. The van der Waals surface area contributed by atoms with E-state index in [4.69, 9.17) is 29.0 Å². The molecule has 0 aliphatic heterocycles. The maximum Gasteiger partial charge on any atom is 0.0735 e. The molecule has 0 amide bonds. The molecule has 0 saturated carbocycles. The maximum absolute atomic E-state index is 6.25. The van der Waals surface area contributed by atoms with E-state index in [0.29, 0.717) is 10.0 Å². The van der Waals surface area contributed by atoms with Crippen LogP contribution in [0.1, 0.15) is 17.2 Å². The number of hydrogen-bond acceptors (Lipinski definition) is 3. The van der Waals surface area contributed by atoms with Crippen molar-refractivity contribution >= 4 is 35.0 Å². The molecule has 2 nitrogen and oxygen atoms in total. The first-order valence-corrected chi connectivity index (χ1v) is 7.69. The molecule has 0 aliphatic carbocycles. The second-order valence-corrected chi connectivity index (χ2v) is 5.70. The second-order valence-electron chi connectivity index (χ2n) is 4.01. The minimum Gasteiger partial charge on any atom is -0.271 e. The van der Waals surface area contributed by atoms with E-state index in [1.54, 1.807) is 23.9 Å². The quantitative estimate of drug-likeness (QED) is 0.503. The van der Waals surface area contributed by atoms with Crippen LogP contribution in [0.2, 0.25) is 10.0 Å². The van der Waals surface area contributed by atoms with Crippen molar-refractivity contribution in [1.29, 1.82) is 0 Å². The van der Waals surface area contributed by atoms with Gasteiger partial charge >= 0.3 is 0 Å². The van der Waals surface area contributed by atoms with E-state index in [-0.39, 0.29) is 6.04 Å². The molecule has 2 rings (SSSR count). The largest absolute Gasteiger partial charge is 0.271 e. The first-order valence-electron chi connectivity index (χ1n) is 5.71. The van der Waals surface area contributed by atoms with Crippen LogP contribution >= 0.6 is 35.0 Å². The lowest BCUT2D eigenvalue weighted by molar-refractivity contribution is 0.628. The molecule has 3 N–H and O–H groups in total. The molecule has 0 saturated heterocycles. The average Bonchev–Trinajstić information content (AvgIpc) is 2.44. The summed E-state index contributed by atoms with van der Waals surface area (Å²) >= 11 is 14.0. The minimum atomic E-state index is -0.185. The van der Waals surface area contributed by atoms with E-state index in [1.807, 2.05) is 30.5 Å². The lowest BCUT2D eigenvalue weighted by atomic mass is 9.99. The van der Waals surface area contributed by atoms with Crippen LogP contribution in [0.5, 0.6) is 0 Å². The van der Waals surface area contributed by atoms with Crippen LogP contribution in [0.15, 0.2) is 47.4 Å². The number of nitrogens with one attached hydrogen (secondary N) is 1. The fraction of sp³-hybridized carbons (Fsp3) is 0.143. The van der Waals surface area contributed by atoms with Gasteiger partial charge in [0.25, 0.3) is 0 Å². The summed E-state index contributed by atoms with van der Waals surface area (Å²) in [6.07, 6.45) is 2.03. The predicted octanol–water partition coefficient (Wildman–Crippen LogP) is 4.27. The fourth-order valence-corrected chi connectivity index (χ4v) is 3.03. The van der Waals surface area contributed by atoms with Crippen LogP contribution in [0.3, 0.4) is 0 Å². The van der Waals surface area contributed by atoms with E-state index in [1.165, 1.54) is 0 Å². The average molecular weight is 313 g/mol. The summed E-state index contributed by atoms with van der Waals surface area (Å²) in [4.78, 5) is 1.15. The molecule has 1 atom stereocenters. The molecule has 0 spiro atoms. The normalized spacial score (nSPS) is 12.4.